The number of aromatic nitrogens is 2. The van der Waals surface area contributed by atoms with Crippen molar-refractivity contribution in [3.05, 3.63) is 28.7 Å². The molecule has 1 amide bonds. The van der Waals surface area contributed by atoms with Crippen LogP contribution in [0.15, 0.2) is 28.7 Å². The van der Waals surface area contributed by atoms with Gasteiger partial charge >= 0.3 is 0 Å². The van der Waals surface area contributed by atoms with Crippen molar-refractivity contribution in [3.63, 3.8) is 0 Å². The van der Waals surface area contributed by atoms with Gasteiger partial charge in [-0.15, -0.1) is 36.2 Å². The van der Waals surface area contributed by atoms with Gasteiger partial charge in [-0.05, 0) is 31.3 Å². The lowest BCUT2D eigenvalue weighted by atomic mass is 10.1. The Kier molecular flexibility index (Phi) is 8.55. The van der Waals surface area contributed by atoms with Gasteiger partial charge in [0.05, 0.1) is 11.9 Å². The standard InChI is InChI=1S/C15H21N5O3S2.2ClH/c1-16-11-4-3-6-20(10-11)15(21)14-13(5-7-24-14)25(22,23)18-12-8-17-19(2)9-12;;/h5,7-9,11,16,18H,3-4,6,10H2,1-2H3;2*1H. The second-order valence-electron chi connectivity index (χ2n) is 6.00. The van der Waals surface area contributed by atoms with E-state index < -0.39 is 10.0 Å². The number of thiophene rings is 1. The van der Waals surface area contributed by atoms with Crippen LogP contribution in [0.3, 0.4) is 0 Å². The maximum atomic E-state index is 12.8. The minimum atomic E-state index is -3.85. The summed E-state index contributed by atoms with van der Waals surface area (Å²) in [5, 5.41) is 8.75. The molecule has 2 aromatic heterocycles. The summed E-state index contributed by atoms with van der Waals surface area (Å²) < 4.78 is 29.3. The van der Waals surface area contributed by atoms with Crippen LogP contribution in [0, 0.1) is 0 Å². The second-order valence-corrected chi connectivity index (χ2v) is 8.57. The maximum absolute atomic E-state index is 12.8. The highest BCUT2D eigenvalue weighted by atomic mass is 35.5. The van der Waals surface area contributed by atoms with Crippen molar-refractivity contribution >= 4 is 57.8 Å². The van der Waals surface area contributed by atoms with Crippen molar-refractivity contribution < 1.29 is 13.2 Å². The number of nitrogens with zero attached hydrogens (tertiary/aromatic N) is 3. The zero-order valence-electron chi connectivity index (χ0n) is 14.9. The topological polar surface area (TPSA) is 96.3 Å². The summed E-state index contributed by atoms with van der Waals surface area (Å²) in [4.78, 5) is 14.8. The SMILES string of the molecule is CNC1CCCN(C(=O)c2sccc2S(=O)(=O)Nc2cnn(C)c2)C1.Cl.Cl. The Morgan fingerprint density at radius 1 is 1.37 bits per heavy atom. The number of hydrogen-bond acceptors (Lipinski definition) is 6. The Labute approximate surface area is 175 Å². The number of rotatable bonds is 5. The molecule has 0 spiro atoms. The van der Waals surface area contributed by atoms with E-state index in [0.29, 0.717) is 18.8 Å². The minimum absolute atomic E-state index is 0. The molecule has 152 valence electrons. The van der Waals surface area contributed by atoms with Crippen LogP contribution < -0.4 is 10.0 Å². The Bertz CT molecular complexity index is 868. The fourth-order valence-electron chi connectivity index (χ4n) is 2.89. The zero-order valence-corrected chi connectivity index (χ0v) is 18.2. The molecule has 0 aromatic carbocycles. The van der Waals surface area contributed by atoms with E-state index >= 15 is 0 Å². The summed E-state index contributed by atoms with van der Waals surface area (Å²) in [6, 6.07) is 1.71. The van der Waals surface area contributed by atoms with Crippen LogP contribution in [0.1, 0.15) is 22.5 Å². The van der Waals surface area contributed by atoms with Crippen LogP contribution in [0.4, 0.5) is 5.69 Å². The largest absolute Gasteiger partial charge is 0.336 e. The third-order valence-corrected chi connectivity index (χ3v) is 6.64. The van der Waals surface area contributed by atoms with Gasteiger partial charge in [-0.2, -0.15) is 5.10 Å². The van der Waals surface area contributed by atoms with Crippen LogP contribution in [0.2, 0.25) is 0 Å². The minimum Gasteiger partial charge on any atom is -0.336 e. The molecule has 1 atom stereocenters. The number of nitrogens with one attached hydrogen (secondary N) is 2. The Morgan fingerprint density at radius 2 is 2.11 bits per heavy atom. The molecule has 1 saturated heterocycles. The monoisotopic (exact) mass is 455 g/mol. The molecule has 3 heterocycles. The van der Waals surface area contributed by atoms with Gasteiger partial charge in [-0.3, -0.25) is 14.2 Å². The van der Waals surface area contributed by atoms with Crippen molar-refractivity contribution in [1.29, 1.82) is 0 Å². The molecule has 2 N–H and O–H groups in total. The average molecular weight is 456 g/mol. The molecule has 0 aliphatic carbocycles. The first-order valence-corrected chi connectivity index (χ1v) is 10.3. The smallest absolute Gasteiger partial charge is 0.265 e. The number of hydrogen-bond donors (Lipinski definition) is 2. The normalized spacial score (nSPS) is 17.0. The van der Waals surface area contributed by atoms with Crippen molar-refractivity contribution in [3.8, 4) is 0 Å². The van der Waals surface area contributed by atoms with E-state index in [-0.39, 0.29) is 46.5 Å². The average Bonchev–Trinajstić information content (AvgIpc) is 3.23. The molecule has 2 aromatic rings. The molecular formula is C15H23Cl2N5O3S2. The number of anilines is 1. The number of likely N-dealkylation sites (tertiary alicyclic amines) is 1. The number of carbonyl (C=O) groups excluding carboxylic acids is 1. The van der Waals surface area contributed by atoms with Gasteiger partial charge in [0.15, 0.2) is 0 Å². The molecule has 1 aliphatic rings. The van der Waals surface area contributed by atoms with Gasteiger partial charge in [0, 0.05) is 32.4 Å². The van der Waals surface area contributed by atoms with E-state index in [1.54, 1.807) is 23.5 Å². The number of halogens is 2. The highest BCUT2D eigenvalue weighted by Crippen LogP contribution is 2.26. The Hall–Kier alpha value is -1.33. The lowest BCUT2D eigenvalue weighted by Crippen LogP contribution is -2.47. The van der Waals surface area contributed by atoms with Crippen molar-refractivity contribution in [2.24, 2.45) is 7.05 Å². The molecule has 0 radical (unpaired) electrons. The highest BCUT2D eigenvalue weighted by molar-refractivity contribution is 7.93. The van der Waals surface area contributed by atoms with Crippen LogP contribution in [0.5, 0.6) is 0 Å². The predicted octanol–water partition coefficient (Wildman–Crippen LogP) is 1.95. The van der Waals surface area contributed by atoms with Gasteiger partial charge in [0.1, 0.15) is 9.77 Å². The lowest BCUT2D eigenvalue weighted by Gasteiger charge is -2.32. The first kappa shape index (κ1) is 23.7. The number of sulfonamides is 1. The van der Waals surface area contributed by atoms with Gasteiger partial charge in [-0.25, -0.2) is 8.42 Å². The summed E-state index contributed by atoms with van der Waals surface area (Å²) in [6.07, 6.45) is 4.90. The third kappa shape index (κ3) is 5.35. The van der Waals surface area contributed by atoms with E-state index in [4.69, 9.17) is 0 Å². The van der Waals surface area contributed by atoms with Gasteiger partial charge < -0.3 is 10.2 Å². The van der Waals surface area contributed by atoms with Crippen LogP contribution in [-0.2, 0) is 17.1 Å². The first-order valence-electron chi connectivity index (χ1n) is 7.96. The van der Waals surface area contributed by atoms with E-state index in [9.17, 15) is 13.2 Å². The van der Waals surface area contributed by atoms with Crippen LogP contribution in [-0.4, -0.2) is 55.2 Å². The molecular weight excluding hydrogens is 433 g/mol. The van der Waals surface area contributed by atoms with Gasteiger partial charge in [0.25, 0.3) is 15.9 Å². The second kappa shape index (κ2) is 9.74. The number of carbonyl (C=O) groups is 1. The highest BCUT2D eigenvalue weighted by Gasteiger charge is 2.30. The van der Waals surface area contributed by atoms with E-state index in [0.717, 1.165) is 24.2 Å². The molecule has 0 saturated carbocycles. The molecule has 0 bridgehead atoms. The number of aryl methyl sites for hydroxylation is 1. The molecule has 12 heteroatoms. The number of likely N-dealkylation sites (N-methyl/N-ethyl adjacent to an activating group) is 1. The summed E-state index contributed by atoms with van der Waals surface area (Å²) in [5.41, 5.74) is 0.361. The van der Waals surface area contributed by atoms with E-state index in [1.807, 2.05) is 7.05 Å². The molecule has 1 aliphatic heterocycles. The summed E-state index contributed by atoms with van der Waals surface area (Å²) in [6.45, 7) is 1.23. The molecule has 1 fully saturated rings. The lowest BCUT2D eigenvalue weighted by molar-refractivity contribution is 0.0699. The number of piperidine rings is 1. The predicted molar refractivity (Wildman–Crippen MR) is 111 cm³/mol. The Balaban J connectivity index is 0.00000182. The van der Waals surface area contributed by atoms with E-state index in [2.05, 4.69) is 15.1 Å². The fraction of sp³-hybridized carbons (Fsp3) is 0.467. The quantitative estimate of drug-likeness (QED) is 0.717. The molecule has 8 nitrogen and oxygen atoms in total. The summed E-state index contributed by atoms with van der Waals surface area (Å²) >= 11 is 1.15. The van der Waals surface area contributed by atoms with Crippen molar-refractivity contribution in [1.82, 2.24) is 20.0 Å². The molecule has 1 unspecified atom stereocenters. The summed E-state index contributed by atoms with van der Waals surface area (Å²) in [7, 11) is -0.273. The Morgan fingerprint density at radius 3 is 2.74 bits per heavy atom. The van der Waals surface area contributed by atoms with Gasteiger partial charge in [0.2, 0.25) is 0 Å². The van der Waals surface area contributed by atoms with Crippen LogP contribution >= 0.6 is 36.2 Å². The third-order valence-electron chi connectivity index (χ3n) is 4.19. The zero-order chi connectivity index (χ0) is 18.0. The molecule has 27 heavy (non-hydrogen) atoms. The first-order chi connectivity index (χ1) is 11.9. The maximum Gasteiger partial charge on any atom is 0.265 e. The fourth-order valence-corrected chi connectivity index (χ4v) is 5.31. The number of amides is 1. The van der Waals surface area contributed by atoms with Crippen LogP contribution in [0.25, 0.3) is 0 Å². The van der Waals surface area contributed by atoms with Crippen molar-refractivity contribution in [2.75, 3.05) is 24.9 Å². The summed E-state index contributed by atoms with van der Waals surface area (Å²) in [5.74, 6) is -0.235. The van der Waals surface area contributed by atoms with E-state index in [1.165, 1.54) is 16.9 Å². The van der Waals surface area contributed by atoms with Gasteiger partial charge in [-0.1, -0.05) is 0 Å². The van der Waals surface area contributed by atoms with Crippen molar-refractivity contribution in [2.45, 2.75) is 23.8 Å². The molecule has 3 rings (SSSR count).